The molecule has 2 heteroatoms. The standard InChI is InChI=1S/C19H20O2/c1-4-7-16-17(19(16,2)3)18(20)21-15-11-10-13-8-5-6-9-14(13)12-15/h4-12,16-17H,1-3H3. The summed E-state index contributed by atoms with van der Waals surface area (Å²) in [5.74, 6) is 0.745. The minimum absolute atomic E-state index is 0.000438. The van der Waals surface area contributed by atoms with Crippen molar-refractivity contribution in [1.29, 1.82) is 0 Å². The van der Waals surface area contributed by atoms with Crippen molar-refractivity contribution in [3.05, 3.63) is 54.6 Å². The molecule has 0 saturated heterocycles. The molecule has 2 nitrogen and oxygen atoms in total. The summed E-state index contributed by atoms with van der Waals surface area (Å²) in [6.07, 6.45) is 4.11. The van der Waals surface area contributed by atoms with Crippen LogP contribution in [0, 0.1) is 17.3 Å². The van der Waals surface area contributed by atoms with Gasteiger partial charge in [-0.2, -0.15) is 0 Å². The molecule has 0 N–H and O–H groups in total. The number of benzene rings is 2. The number of esters is 1. The van der Waals surface area contributed by atoms with Gasteiger partial charge >= 0.3 is 5.97 Å². The average Bonchev–Trinajstić information content (AvgIpc) is 3.00. The SMILES string of the molecule is CC=CC1C(C(=O)Oc2ccc3ccccc3c2)C1(C)C. The van der Waals surface area contributed by atoms with Crippen LogP contribution in [0.4, 0.5) is 0 Å². The molecule has 21 heavy (non-hydrogen) atoms. The van der Waals surface area contributed by atoms with Gasteiger partial charge in [0.1, 0.15) is 5.75 Å². The second kappa shape index (κ2) is 5.03. The fourth-order valence-electron chi connectivity index (χ4n) is 3.10. The third-order valence-corrected chi connectivity index (χ3v) is 4.50. The maximum absolute atomic E-state index is 12.4. The molecule has 1 fully saturated rings. The molecule has 0 heterocycles. The number of carbonyl (C=O) groups excluding carboxylic acids is 1. The lowest BCUT2D eigenvalue weighted by Crippen LogP contribution is -2.13. The van der Waals surface area contributed by atoms with Crippen molar-refractivity contribution in [1.82, 2.24) is 0 Å². The van der Waals surface area contributed by atoms with Gasteiger partial charge in [0.05, 0.1) is 5.92 Å². The number of hydrogen-bond acceptors (Lipinski definition) is 2. The first-order valence-corrected chi connectivity index (χ1v) is 7.37. The molecule has 0 aliphatic heterocycles. The maximum Gasteiger partial charge on any atom is 0.315 e. The zero-order valence-electron chi connectivity index (χ0n) is 12.7. The van der Waals surface area contributed by atoms with E-state index < -0.39 is 0 Å². The van der Waals surface area contributed by atoms with E-state index in [0.717, 1.165) is 10.8 Å². The van der Waals surface area contributed by atoms with Gasteiger partial charge in [-0.15, -0.1) is 0 Å². The quantitative estimate of drug-likeness (QED) is 0.467. The lowest BCUT2D eigenvalue weighted by molar-refractivity contribution is -0.136. The lowest BCUT2D eigenvalue weighted by atomic mass is 10.1. The Morgan fingerprint density at radius 2 is 1.86 bits per heavy atom. The van der Waals surface area contributed by atoms with E-state index in [1.165, 1.54) is 0 Å². The van der Waals surface area contributed by atoms with E-state index in [2.05, 4.69) is 19.9 Å². The first-order chi connectivity index (χ1) is 10.0. The van der Waals surface area contributed by atoms with Crippen molar-refractivity contribution in [2.24, 2.45) is 17.3 Å². The van der Waals surface area contributed by atoms with Gasteiger partial charge in [0.2, 0.25) is 0 Å². The van der Waals surface area contributed by atoms with Crippen LogP contribution in [0.15, 0.2) is 54.6 Å². The van der Waals surface area contributed by atoms with E-state index in [9.17, 15) is 4.79 Å². The highest BCUT2D eigenvalue weighted by Gasteiger charge is 2.61. The predicted molar refractivity (Wildman–Crippen MR) is 85.2 cm³/mol. The van der Waals surface area contributed by atoms with E-state index in [1.807, 2.05) is 55.5 Å². The number of rotatable bonds is 3. The summed E-state index contributed by atoms with van der Waals surface area (Å²) >= 11 is 0. The molecule has 0 amide bonds. The van der Waals surface area contributed by atoms with Crippen LogP contribution >= 0.6 is 0 Å². The zero-order chi connectivity index (χ0) is 15.0. The summed E-state index contributed by atoms with van der Waals surface area (Å²) < 4.78 is 5.59. The summed E-state index contributed by atoms with van der Waals surface area (Å²) in [6.45, 7) is 6.22. The Kier molecular flexibility index (Phi) is 3.32. The van der Waals surface area contributed by atoms with Crippen LogP contribution in [-0.2, 0) is 4.79 Å². The molecule has 108 valence electrons. The van der Waals surface area contributed by atoms with Gasteiger partial charge in [-0.05, 0) is 41.2 Å². The van der Waals surface area contributed by atoms with Crippen LogP contribution in [-0.4, -0.2) is 5.97 Å². The summed E-state index contributed by atoms with van der Waals surface area (Å²) in [7, 11) is 0. The molecule has 0 radical (unpaired) electrons. The van der Waals surface area contributed by atoms with E-state index in [0.29, 0.717) is 5.75 Å². The number of ether oxygens (including phenoxy) is 1. The van der Waals surface area contributed by atoms with Crippen molar-refractivity contribution in [3.63, 3.8) is 0 Å². The lowest BCUT2D eigenvalue weighted by Gasteiger charge is -2.06. The molecule has 1 aliphatic rings. The van der Waals surface area contributed by atoms with Crippen molar-refractivity contribution in [3.8, 4) is 5.75 Å². The topological polar surface area (TPSA) is 26.3 Å². The highest BCUT2D eigenvalue weighted by Crippen LogP contribution is 2.59. The third kappa shape index (κ3) is 2.46. The van der Waals surface area contributed by atoms with Crippen molar-refractivity contribution in [2.75, 3.05) is 0 Å². The molecular formula is C19H20O2. The minimum Gasteiger partial charge on any atom is -0.426 e. The van der Waals surface area contributed by atoms with E-state index in [4.69, 9.17) is 4.74 Å². The largest absolute Gasteiger partial charge is 0.426 e. The Hall–Kier alpha value is -2.09. The second-order valence-corrected chi connectivity index (χ2v) is 6.28. The Morgan fingerprint density at radius 1 is 1.14 bits per heavy atom. The molecule has 0 aromatic heterocycles. The molecule has 2 aromatic rings. The van der Waals surface area contributed by atoms with Gasteiger partial charge < -0.3 is 4.74 Å². The molecule has 0 bridgehead atoms. The van der Waals surface area contributed by atoms with Gasteiger partial charge in [-0.1, -0.05) is 56.3 Å². The maximum atomic E-state index is 12.4. The van der Waals surface area contributed by atoms with Gasteiger partial charge in [-0.3, -0.25) is 4.79 Å². The molecule has 2 unspecified atom stereocenters. The number of fused-ring (bicyclic) bond motifs is 1. The average molecular weight is 280 g/mol. The summed E-state index contributed by atoms with van der Waals surface area (Å²) in [5.41, 5.74) is 0.000438. The molecule has 1 saturated carbocycles. The Balaban J connectivity index is 1.78. The molecule has 1 aliphatic carbocycles. The van der Waals surface area contributed by atoms with Crippen LogP contribution in [0.2, 0.25) is 0 Å². The van der Waals surface area contributed by atoms with E-state index in [1.54, 1.807) is 0 Å². The Morgan fingerprint density at radius 3 is 2.57 bits per heavy atom. The van der Waals surface area contributed by atoms with Crippen LogP contribution in [0.5, 0.6) is 5.75 Å². The number of hydrogen-bond donors (Lipinski definition) is 0. The van der Waals surface area contributed by atoms with Crippen LogP contribution in [0.25, 0.3) is 10.8 Å². The van der Waals surface area contributed by atoms with E-state index in [-0.39, 0.29) is 23.2 Å². The predicted octanol–water partition coefficient (Wildman–Crippen LogP) is 4.59. The molecule has 0 spiro atoms. The van der Waals surface area contributed by atoms with Gasteiger partial charge in [0.15, 0.2) is 0 Å². The van der Waals surface area contributed by atoms with Crippen LogP contribution in [0.3, 0.4) is 0 Å². The fraction of sp³-hybridized carbons (Fsp3) is 0.316. The van der Waals surface area contributed by atoms with Crippen molar-refractivity contribution >= 4 is 16.7 Å². The number of allylic oxidation sites excluding steroid dienone is 2. The number of carbonyl (C=O) groups is 1. The molecule has 3 rings (SSSR count). The first kappa shape index (κ1) is 13.9. The van der Waals surface area contributed by atoms with Gasteiger partial charge in [-0.25, -0.2) is 0 Å². The van der Waals surface area contributed by atoms with Crippen molar-refractivity contribution in [2.45, 2.75) is 20.8 Å². The van der Waals surface area contributed by atoms with Crippen LogP contribution < -0.4 is 4.74 Å². The normalized spacial score (nSPS) is 23.4. The van der Waals surface area contributed by atoms with Gasteiger partial charge in [0, 0.05) is 0 Å². The van der Waals surface area contributed by atoms with Gasteiger partial charge in [0.25, 0.3) is 0 Å². The molecule has 2 atom stereocenters. The van der Waals surface area contributed by atoms with E-state index >= 15 is 0 Å². The molecule has 2 aromatic carbocycles. The highest BCUT2D eigenvalue weighted by molar-refractivity contribution is 5.86. The molecular weight excluding hydrogens is 260 g/mol. The summed E-state index contributed by atoms with van der Waals surface area (Å²) in [5, 5.41) is 2.23. The van der Waals surface area contributed by atoms with Crippen molar-refractivity contribution < 1.29 is 9.53 Å². The summed E-state index contributed by atoms with van der Waals surface area (Å²) in [4.78, 5) is 12.4. The monoisotopic (exact) mass is 280 g/mol. The Labute approximate surface area is 125 Å². The van der Waals surface area contributed by atoms with Crippen LogP contribution in [0.1, 0.15) is 20.8 Å². The zero-order valence-corrected chi connectivity index (χ0v) is 12.7. The fourth-order valence-corrected chi connectivity index (χ4v) is 3.10. The Bertz CT molecular complexity index is 712. The third-order valence-electron chi connectivity index (χ3n) is 4.50. The second-order valence-electron chi connectivity index (χ2n) is 6.28. The summed E-state index contributed by atoms with van der Waals surface area (Å²) in [6, 6.07) is 13.8. The minimum atomic E-state index is -0.126. The highest BCUT2D eigenvalue weighted by atomic mass is 16.5. The smallest absolute Gasteiger partial charge is 0.315 e. The first-order valence-electron chi connectivity index (χ1n) is 7.37.